The highest BCUT2D eigenvalue weighted by Crippen LogP contribution is 2.35. The zero-order valence-electron chi connectivity index (χ0n) is 16.2. The Morgan fingerprint density at radius 1 is 1.20 bits per heavy atom. The van der Waals surface area contributed by atoms with Crippen molar-refractivity contribution in [2.75, 3.05) is 11.1 Å². The van der Waals surface area contributed by atoms with Gasteiger partial charge in [-0.15, -0.1) is 22.7 Å². The van der Waals surface area contributed by atoms with Crippen LogP contribution < -0.4 is 11.1 Å². The van der Waals surface area contributed by atoms with Gasteiger partial charge in [0.25, 0.3) is 5.91 Å². The molecule has 30 heavy (non-hydrogen) atoms. The summed E-state index contributed by atoms with van der Waals surface area (Å²) in [5, 5.41) is 6.98. The zero-order valence-corrected chi connectivity index (χ0v) is 19.3. The molecule has 5 nitrogen and oxygen atoms in total. The molecule has 0 aliphatic carbocycles. The first kappa shape index (κ1) is 21.1. The minimum Gasteiger partial charge on any atom is -0.397 e. The monoisotopic (exact) mass is 476 g/mol. The van der Waals surface area contributed by atoms with E-state index >= 15 is 0 Å². The Bertz CT molecular complexity index is 1250. The Morgan fingerprint density at radius 2 is 2.00 bits per heavy atom. The lowest BCUT2D eigenvalue weighted by Crippen LogP contribution is -2.11. The first-order chi connectivity index (χ1) is 14.3. The quantitative estimate of drug-likeness (QED) is 0.333. The molecule has 0 saturated heterocycles. The predicted octanol–water partition coefficient (Wildman–Crippen LogP) is 6.76. The Morgan fingerprint density at radius 3 is 2.73 bits per heavy atom. The number of hydrogen-bond acceptors (Lipinski definition) is 6. The van der Waals surface area contributed by atoms with Crippen LogP contribution >= 0.6 is 45.9 Å². The van der Waals surface area contributed by atoms with Gasteiger partial charge in [0.2, 0.25) is 0 Å². The van der Waals surface area contributed by atoms with E-state index in [1.165, 1.54) is 22.7 Å². The number of halogens is 2. The molecule has 0 aliphatic heterocycles. The molecule has 0 atom stereocenters. The van der Waals surface area contributed by atoms with Crippen molar-refractivity contribution in [3.63, 3.8) is 0 Å². The van der Waals surface area contributed by atoms with Gasteiger partial charge in [0.15, 0.2) is 5.13 Å². The normalized spacial score (nSPS) is 11.4. The van der Waals surface area contributed by atoms with E-state index in [-0.39, 0.29) is 5.91 Å². The van der Waals surface area contributed by atoms with Crippen LogP contribution in [0, 0.1) is 5.92 Å². The second-order valence-electron chi connectivity index (χ2n) is 7.21. The summed E-state index contributed by atoms with van der Waals surface area (Å²) in [5.41, 5.74) is 9.09. The SMILES string of the molecule is CC(C)Cc1ccc2c(N)c(C(=O)Nc3nc(-c4ccc(Cl)cc4Cl)cs3)sc2n1. The number of benzene rings is 1. The molecule has 0 aliphatic rings. The summed E-state index contributed by atoms with van der Waals surface area (Å²) in [6, 6.07) is 9.12. The van der Waals surface area contributed by atoms with Gasteiger partial charge in [-0.1, -0.05) is 37.0 Å². The molecule has 0 unspecified atom stereocenters. The lowest BCUT2D eigenvalue weighted by molar-refractivity contribution is 0.103. The molecule has 0 fully saturated rings. The van der Waals surface area contributed by atoms with Gasteiger partial charge in [-0.25, -0.2) is 9.97 Å². The first-order valence-corrected chi connectivity index (χ1v) is 11.7. The van der Waals surface area contributed by atoms with Gasteiger partial charge in [-0.3, -0.25) is 10.1 Å². The third-order valence-corrected chi connectivity index (χ3v) is 6.83. The van der Waals surface area contributed by atoms with Gasteiger partial charge in [-0.05, 0) is 42.7 Å². The standard InChI is InChI=1S/C21H18Cl2N4OS2/c1-10(2)7-12-4-6-14-17(24)18(30-20(14)25-12)19(28)27-21-26-16(9-29-21)13-5-3-11(22)8-15(13)23/h3-6,8-10H,7,24H2,1-2H3,(H,26,27,28). The van der Waals surface area contributed by atoms with E-state index in [1.54, 1.807) is 18.2 Å². The van der Waals surface area contributed by atoms with Crippen molar-refractivity contribution in [3.8, 4) is 11.3 Å². The molecular formula is C21H18Cl2N4OS2. The molecule has 9 heteroatoms. The van der Waals surface area contributed by atoms with E-state index < -0.39 is 0 Å². The second kappa shape index (κ2) is 8.51. The molecule has 4 rings (SSSR count). The summed E-state index contributed by atoms with van der Waals surface area (Å²) in [7, 11) is 0. The highest BCUT2D eigenvalue weighted by molar-refractivity contribution is 7.21. The number of nitrogens with one attached hydrogen (secondary N) is 1. The maximum atomic E-state index is 12.8. The number of nitrogen functional groups attached to an aromatic ring is 1. The van der Waals surface area contributed by atoms with Crippen molar-refractivity contribution in [1.29, 1.82) is 0 Å². The molecule has 0 bridgehead atoms. The number of hydrogen-bond donors (Lipinski definition) is 2. The summed E-state index contributed by atoms with van der Waals surface area (Å²) in [6.45, 7) is 4.29. The molecule has 0 saturated carbocycles. The van der Waals surface area contributed by atoms with Crippen LogP contribution in [-0.2, 0) is 6.42 Å². The Hall–Kier alpha value is -2.19. The molecule has 1 amide bonds. The summed E-state index contributed by atoms with van der Waals surface area (Å²) in [5.74, 6) is 0.201. The molecular weight excluding hydrogens is 459 g/mol. The number of carbonyl (C=O) groups excluding carboxylic acids is 1. The van der Waals surface area contributed by atoms with Crippen LogP contribution in [0.2, 0.25) is 10.0 Å². The van der Waals surface area contributed by atoms with Crippen LogP contribution in [0.15, 0.2) is 35.7 Å². The summed E-state index contributed by atoms with van der Waals surface area (Å²) < 4.78 is 0. The number of aromatic nitrogens is 2. The maximum Gasteiger partial charge on any atom is 0.269 e. The Balaban J connectivity index is 1.57. The minimum atomic E-state index is -0.302. The molecule has 4 aromatic rings. The van der Waals surface area contributed by atoms with Crippen LogP contribution in [0.1, 0.15) is 29.2 Å². The van der Waals surface area contributed by atoms with Crippen molar-refractivity contribution < 1.29 is 4.79 Å². The third kappa shape index (κ3) is 4.30. The smallest absolute Gasteiger partial charge is 0.269 e. The molecule has 3 N–H and O–H groups in total. The fraction of sp³-hybridized carbons (Fsp3) is 0.190. The number of carbonyl (C=O) groups is 1. The molecule has 154 valence electrons. The Labute approximate surface area is 191 Å². The topological polar surface area (TPSA) is 80.9 Å². The number of nitrogens with zero attached hydrogens (tertiary/aromatic N) is 2. The van der Waals surface area contributed by atoms with E-state index in [1.807, 2.05) is 17.5 Å². The van der Waals surface area contributed by atoms with E-state index in [4.69, 9.17) is 28.9 Å². The Kier molecular flexibility index (Phi) is 5.97. The number of pyridine rings is 1. The number of thiazole rings is 1. The summed E-state index contributed by atoms with van der Waals surface area (Å²) in [6.07, 6.45) is 0.879. The summed E-state index contributed by atoms with van der Waals surface area (Å²) >= 11 is 14.8. The van der Waals surface area contributed by atoms with Crippen LogP contribution in [0.5, 0.6) is 0 Å². The largest absolute Gasteiger partial charge is 0.397 e. The molecule has 3 aromatic heterocycles. The van der Waals surface area contributed by atoms with Crippen LogP contribution in [0.4, 0.5) is 10.8 Å². The van der Waals surface area contributed by atoms with E-state index in [2.05, 4.69) is 29.1 Å². The van der Waals surface area contributed by atoms with Gasteiger partial charge in [-0.2, -0.15) is 0 Å². The third-order valence-electron chi connectivity index (χ3n) is 4.41. The van der Waals surface area contributed by atoms with Gasteiger partial charge >= 0.3 is 0 Å². The highest BCUT2D eigenvalue weighted by Gasteiger charge is 2.19. The first-order valence-electron chi connectivity index (χ1n) is 9.22. The predicted molar refractivity (Wildman–Crippen MR) is 128 cm³/mol. The fourth-order valence-electron chi connectivity index (χ4n) is 3.04. The molecule has 0 radical (unpaired) electrons. The van der Waals surface area contributed by atoms with Gasteiger partial charge in [0.05, 0.1) is 16.4 Å². The lowest BCUT2D eigenvalue weighted by Gasteiger charge is -2.03. The van der Waals surface area contributed by atoms with Gasteiger partial charge in [0, 0.05) is 27.0 Å². The van der Waals surface area contributed by atoms with Crippen LogP contribution in [-0.4, -0.2) is 15.9 Å². The van der Waals surface area contributed by atoms with Crippen molar-refractivity contribution in [3.05, 3.63) is 56.3 Å². The van der Waals surface area contributed by atoms with Crippen molar-refractivity contribution in [2.45, 2.75) is 20.3 Å². The average molecular weight is 477 g/mol. The number of thiophene rings is 1. The van der Waals surface area contributed by atoms with E-state index in [0.717, 1.165) is 27.9 Å². The van der Waals surface area contributed by atoms with E-state index in [9.17, 15) is 4.79 Å². The van der Waals surface area contributed by atoms with Crippen molar-refractivity contribution in [1.82, 2.24) is 9.97 Å². The van der Waals surface area contributed by atoms with E-state index in [0.29, 0.717) is 37.4 Å². The molecule has 1 aromatic carbocycles. The van der Waals surface area contributed by atoms with Crippen LogP contribution in [0.25, 0.3) is 21.5 Å². The fourth-order valence-corrected chi connectivity index (χ4v) is 5.26. The number of nitrogens with two attached hydrogens (primary N) is 1. The number of amides is 1. The molecule has 3 heterocycles. The van der Waals surface area contributed by atoms with Gasteiger partial charge < -0.3 is 5.73 Å². The number of fused-ring (bicyclic) bond motifs is 1. The lowest BCUT2D eigenvalue weighted by atomic mass is 10.1. The zero-order chi connectivity index (χ0) is 21.4. The van der Waals surface area contributed by atoms with Crippen LogP contribution in [0.3, 0.4) is 0 Å². The number of anilines is 2. The number of rotatable bonds is 5. The molecule has 0 spiro atoms. The second-order valence-corrected chi connectivity index (χ2v) is 9.92. The maximum absolute atomic E-state index is 12.8. The summed E-state index contributed by atoms with van der Waals surface area (Å²) in [4.78, 5) is 23.2. The average Bonchev–Trinajstić information content (AvgIpc) is 3.26. The van der Waals surface area contributed by atoms with Gasteiger partial charge in [0.1, 0.15) is 9.71 Å². The minimum absolute atomic E-state index is 0.302. The highest BCUT2D eigenvalue weighted by atomic mass is 35.5. The van der Waals surface area contributed by atoms with Crippen molar-refractivity contribution >= 4 is 72.8 Å². The van der Waals surface area contributed by atoms with Crippen molar-refractivity contribution in [2.24, 2.45) is 5.92 Å².